The molecule has 0 aliphatic heterocycles. The van der Waals surface area contributed by atoms with Gasteiger partial charge in [0.15, 0.2) is 16.7 Å². The predicted molar refractivity (Wildman–Crippen MR) is 83.8 cm³/mol. The van der Waals surface area contributed by atoms with Crippen LogP contribution in [0.15, 0.2) is 44.9 Å². The van der Waals surface area contributed by atoms with Crippen LogP contribution in [-0.2, 0) is 14.9 Å². The molecule has 0 unspecified atom stereocenters. The zero-order valence-corrected chi connectivity index (χ0v) is 16.8. The Labute approximate surface area is 167 Å². The maximum Gasteiger partial charge on any atom is 1.00 e. The van der Waals surface area contributed by atoms with Crippen molar-refractivity contribution in [2.45, 2.75) is 18.9 Å². The average Bonchev–Trinajstić information content (AvgIpc) is 2.97. The molecule has 1 N–H and O–H groups in total. The third kappa shape index (κ3) is 6.63. The molecule has 0 radical (unpaired) electrons. The van der Waals surface area contributed by atoms with Crippen molar-refractivity contribution in [3.8, 4) is 5.75 Å². The minimum Gasteiger partial charge on any atom is -0.742 e. The van der Waals surface area contributed by atoms with E-state index in [1.807, 2.05) is 32.0 Å². The fourth-order valence-corrected chi connectivity index (χ4v) is 2.18. The number of hydrogen-bond acceptors (Lipinski definition) is 7. The van der Waals surface area contributed by atoms with Crippen LogP contribution in [0.3, 0.4) is 0 Å². The van der Waals surface area contributed by atoms with Gasteiger partial charge in [0.05, 0.1) is 6.21 Å². The molecular weight excluding hydrogens is 359 g/mol. The molecular formula is C15H15N2NaO6S. The summed E-state index contributed by atoms with van der Waals surface area (Å²) in [5, 5.41) is 2.88. The Bertz CT molecular complexity index is 876. The van der Waals surface area contributed by atoms with Crippen molar-refractivity contribution in [3.05, 3.63) is 47.2 Å². The molecule has 1 aromatic carbocycles. The summed E-state index contributed by atoms with van der Waals surface area (Å²) >= 11 is 0. The first kappa shape index (κ1) is 21.4. The van der Waals surface area contributed by atoms with Gasteiger partial charge in [0.25, 0.3) is 5.91 Å². The summed E-state index contributed by atoms with van der Waals surface area (Å²) in [6.45, 7) is 3.54. The Balaban J connectivity index is 0.00000312. The molecule has 8 nitrogen and oxygen atoms in total. The van der Waals surface area contributed by atoms with Gasteiger partial charge in [0, 0.05) is 0 Å². The standard InChI is InChI=1S/C15H16N2O6S.Na/c1-10-3-4-11(2)13(7-10)22-9-14(18)17-16-8-12-5-6-15(23-12)24(19,20)21;/h3-8H,9H2,1-2H3,(H,17,18)(H,19,20,21);/q;+1/p-1. The van der Waals surface area contributed by atoms with E-state index in [2.05, 4.69) is 10.5 Å². The Hall–Kier alpha value is -1.65. The third-order valence-corrected chi connectivity index (χ3v) is 3.64. The van der Waals surface area contributed by atoms with Crippen molar-refractivity contribution >= 4 is 22.2 Å². The van der Waals surface area contributed by atoms with Gasteiger partial charge in [-0.05, 0) is 43.2 Å². The normalized spacial score (nSPS) is 11.2. The van der Waals surface area contributed by atoms with Gasteiger partial charge in [-0.3, -0.25) is 4.79 Å². The van der Waals surface area contributed by atoms with Crippen molar-refractivity contribution in [1.29, 1.82) is 0 Å². The molecule has 10 heteroatoms. The Morgan fingerprint density at radius 3 is 2.68 bits per heavy atom. The van der Waals surface area contributed by atoms with Gasteiger partial charge >= 0.3 is 29.6 Å². The molecule has 0 saturated heterocycles. The quantitative estimate of drug-likeness (QED) is 0.279. The van der Waals surface area contributed by atoms with Gasteiger partial charge in [0.1, 0.15) is 11.5 Å². The zero-order chi connectivity index (χ0) is 17.7. The second-order valence-corrected chi connectivity index (χ2v) is 6.27. The number of hydrazone groups is 1. The number of ether oxygens (including phenoxy) is 1. The molecule has 0 spiro atoms. The second-order valence-electron chi connectivity index (χ2n) is 4.96. The van der Waals surface area contributed by atoms with Crippen molar-refractivity contribution in [2.75, 3.05) is 6.61 Å². The summed E-state index contributed by atoms with van der Waals surface area (Å²) in [5.74, 6) is 0.112. The third-order valence-electron chi connectivity index (χ3n) is 2.93. The Morgan fingerprint density at radius 2 is 2.04 bits per heavy atom. The number of amides is 1. The summed E-state index contributed by atoms with van der Waals surface area (Å²) < 4.78 is 42.3. The van der Waals surface area contributed by atoms with Crippen LogP contribution in [0.25, 0.3) is 0 Å². The monoisotopic (exact) mass is 374 g/mol. The Kier molecular flexibility index (Phi) is 7.84. The van der Waals surface area contributed by atoms with Gasteiger partial charge < -0.3 is 13.7 Å². The van der Waals surface area contributed by atoms with Gasteiger partial charge in [-0.1, -0.05) is 12.1 Å². The van der Waals surface area contributed by atoms with E-state index in [1.54, 1.807) is 0 Å². The van der Waals surface area contributed by atoms with Crippen LogP contribution in [0.1, 0.15) is 16.9 Å². The van der Waals surface area contributed by atoms with Crippen molar-refractivity contribution in [3.63, 3.8) is 0 Å². The summed E-state index contributed by atoms with van der Waals surface area (Å²) in [6, 6.07) is 7.90. The maximum absolute atomic E-state index is 11.6. The molecule has 25 heavy (non-hydrogen) atoms. The molecule has 1 aromatic heterocycles. The summed E-state index contributed by atoms with van der Waals surface area (Å²) in [7, 11) is -4.66. The minimum atomic E-state index is -4.66. The number of nitrogens with zero attached hydrogens (tertiary/aromatic N) is 1. The van der Waals surface area contributed by atoms with E-state index in [4.69, 9.17) is 9.15 Å². The number of hydrogen-bond donors (Lipinski definition) is 1. The zero-order valence-electron chi connectivity index (χ0n) is 14.0. The topological polar surface area (TPSA) is 121 Å². The molecule has 2 aromatic rings. The molecule has 0 aliphatic carbocycles. The first-order valence-corrected chi connectivity index (χ1v) is 8.24. The van der Waals surface area contributed by atoms with E-state index in [0.717, 1.165) is 23.4 Å². The number of carbonyl (C=O) groups excluding carboxylic acids is 1. The van der Waals surface area contributed by atoms with Crippen LogP contribution in [0.4, 0.5) is 0 Å². The number of furan rings is 1. The van der Waals surface area contributed by atoms with Crippen LogP contribution < -0.4 is 39.7 Å². The first-order chi connectivity index (χ1) is 11.3. The smallest absolute Gasteiger partial charge is 0.742 e. The maximum atomic E-state index is 11.6. The predicted octanol–water partition coefficient (Wildman–Crippen LogP) is -1.67. The van der Waals surface area contributed by atoms with Crippen molar-refractivity contribution < 1.29 is 56.5 Å². The molecule has 1 amide bonds. The molecule has 1 heterocycles. The number of aryl methyl sites for hydroxylation is 2. The van der Waals surface area contributed by atoms with Crippen molar-refractivity contribution in [2.24, 2.45) is 5.10 Å². The fourth-order valence-electron chi connectivity index (χ4n) is 1.74. The minimum absolute atomic E-state index is 0. The van der Waals surface area contributed by atoms with Gasteiger partial charge in [0.2, 0.25) is 5.09 Å². The molecule has 0 aliphatic rings. The second kappa shape index (κ2) is 9.16. The van der Waals surface area contributed by atoms with Gasteiger partial charge in [-0.2, -0.15) is 5.10 Å². The van der Waals surface area contributed by atoms with Crippen LogP contribution in [-0.4, -0.2) is 31.7 Å². The molecule has 0 saturated carbocycles. The SMILES string of the molecule is Cc1ccc(C)c(OCC(=O)NN=Cc2ccc(S(=O)(=O)[O-])o2)c1.[Na+]. The summed E-state index contributed by atoms with van der Waals surface area (Å²) in [4.78, 5) is 11.6. The molecule has 0 bridgehead atoms. The van der Waals surface area contributed by atoms with E-state index < -0.39 is 21.1 Å². The van der Waals surface area contributed by atoms with E-state index in [0.29, 0.717) is 5.75 Å². The molecule has 0 fully saturated rings. The van der Waals surface area contributed by atoms with E-state index >= 15 is 0 Å². The molecule has 0 atom stereocenters. The van der Waals surface area contributed by atoms with Crippen LogP contribution in [0.5, 0.6) is 5.75 Å². The average molecular weight is 374 g/mol. The van der Waals surface area contributed by atoms with E-state index in [-0.39, 0.29) is 41.9 Å². The number of benzene rings is 1. The van der Waals surface area contributed by atoms with Crippen molar-refractivity contribution in [1.82, 2.24) is 5.43 Å². The summed E-state index contributed by atoms with van der Waals surface area (Å²) in [6.07, 6.45) is 1.07. The van der Waals surface area contributed by atoms with Crippen LogP contribution >= 0.6 is 0 Å². The van der Waals surface area contributed by atoms with Gasteiger partial charge in [-0.25, -0.2) is 13.8 Å². The summed E-state index contributed by atoms with van der Waals surface area (Å²) in [5.41, 5.74) is 4.11. The van der Waals surface area contributed by atoms with E-state index in [9.17, 15) is 17.8 Å². The Morgan fingerprint density at radius 1 is 1.32 bits per heavy atom. The van der Waals surface area contributed by atoms with E-state index in [1.165, 1.54) is 6.07 Å². The number of nitrogens with one attached hydrogen (secondary N) is 1. The largest absolute Gasteiger partial charge is 1.00 e. The van der Waals surface area contributed by atoms with Crippen LogP contribution in [0, 0.1) is 13.8 Å². The molecule has 128 valence electrons. The van der Waals surface area contributed by atoms with Crippen LogP contribution in [0.2, 0.25) is 0 Å². The fraction of sp³-hybridized carbons (Fsp3) is 0.200. The molecule has 2 rings (SSSR count). The number of carbonyl (C=O) groups is 1. The van der Waals surface area contributed by atoms with Gasteiger partial charge in [-0.15, -0.1) is 0 Å². The number of rotatable bonds is 6. The first-order valence-electron chi connectivity index (χ1n) is 6.83.